The first-order valence-electron chi connectivity index (χ1n) is 7.81. The highest BCUT2D eigenvalue weighted by Crippen LogP contribution is 2.16. The van der Waals surface area contributed by atoms with Gasteiger partial charge in [0.05, 0.1) is 6.42 Å². The first-order valence-corrected chi connectivity index (χ1v) is 8.18. The highest BCUT2D eigenvalue weighted by Gasteiger charge is 2.29. The molecule has 1 aromatic rings. The van der Waals surface area contributed by atoms with E-state index in [1.165, 1.54) is 6.42 Å². The summed E-state index contributed by atoms with van der Waals surface area (Å²) in [5.41, 5.74) is 0.639. The van der Waals surface area contributed by atoms with Crippen molar-refractivity contribution >= 4 is 35.1 Å². The zero-order valence-corrected chi connectivity index (χ0v) is 13.5. The Hall–Kier alpha value is -2.08. The lowest BCUT2D eigenvalue weighted by Gasteiger charge is -2.32. The standard InChI is InChI=1S/C16H19ClN4O2/c17-11-4-6-12(7-5-11)18-15(23)13-10-14(22)20-16(19-13)21-8-2-1-3-9-21/h4-7,13H,1-3,8-10H2,(H,18,23)(H,19,20,22)/t13-/m1/s1. The van der Waals surface area contributed by atoms with Gasteiger partial charge in [-0.15, -0.1) is 0 Å². The molecule has 1 saturated heterocycles. The number of guanidine groups is 1. The van der Waals surface area contributed by atoms with E-state index in [4.69, 9.17) is 11.6 Å². The zero-order chi connectivity index (χ0) is 16.2. The van der Waals surface area contributed by atoms with Crippen LogP contribution in [0.4, 0.5) is 5.69 Å². The molecule has 1 fully saturated rings. The van der Waals surface area contributed by atoms with Gasteiger partial charge in [0.25, 0.3) is 0 Å². The Morgan fingerprint density at radius 2 is 1.91 bits per heavy atom. The first-order chi connectivity index (χ1) is 11.1. The maximum Gasteiger partial charge on any atom is 0.249 e. The number of nitrogens with zero attached hydrogens (tertiary/aromatic N) is 2. The summed E-state index contributed by atoms with van der Waals surface area (Å²) >= 11 is 5.83. The van der Waals surface area contributed by atoms with Crippen LogP contribution in [0, 0.1) is 0 Å². The predicted octanol–water partition coefficient (Wildman–Crippen LogP) is 2.01. The molecule has 2 amide bonds. The van der Waals surface area contributed by atoms with Gasteiger partial charge in [-0.1, -0.05) is 11.6 Å². The van der Waals surface area contributed by atoms with Crippen molar-refractivity contribution in [2.75, 3.05) is 18.4 Å². The second kappa shape index (κ2) is 7.00. The fourth-order valence-corrected chi connectivity index (χ4v) is 2.88. The van der Waals surface area contributed by atoms with E-state index in [1.807, 2.05) is 4.90 Å². The van der Waals surface area contributed by atoms with Crippen molar-refractivity contribution in [3.63, 3.8) is 0 Å². The number of hydrogen-bond acceptors (Lipinski definition) is 4. The average Bonchev–Trinajstić information content (AvgIpc) is 2.57. The Labute approximate surface area is 139 Å². The molecule has 0 aromatic heterocycles. The van der Waals surface area contributed by atoms with Crippen LogP contribution in [-0.4, -0.2) is 41.8 Å². The van der Waals surface area contributed by atoms with E-state index in [-0.39, 0.29) is 18.2 Å². The van der Waals surface area contributed by atoms with Crippen LogP contribution < -0.4 is 10.6 Å². The van der Waals surface area contributed by atoms with E-state index in [0.717, 1.165) is 25.9 Å². The van der Waals surface area contributed by atoms with Crippen LogP contribution in [0.5, 0.6) is 0 Å². The van der Waals surface area contributed by atoms with E-state index >= 15 is 0 Å². The number of hydrogen-bond donors (Lipinski definition) is 2. The lowest BCUT2D eigenvalue weighted by Crippen LogP contribution is -2.51. The third-order valence-corrected chi connectivity index (χ3v) is 4.23. The topological polar surface area (TPSA) is 73.8 Å². The molecule has 7 heteroatoms. The summed E-state index contributed by atoms with van der Waals surface area (Å²) in [5, 5.41) is 6.16. The number of carbonyl (C=O) groups is 2. The summed E-state index contributed by atoms with van der Waals surface area (Å²) in [6.07, 6.45) is 3.42. The Balaban J connectivity index is 1.70. The number of anilines is 1. The van der Waals surface area contributed by atoms with Gasteiger partial charge in [-0.2, -0.15) is 0 Å². The molecule has 23 heavy (non-hydrogen) atoms. The summed E-state index contributed by atoms with van der Waals surface area (Å²) in [4.78, 5) is 30.8. The van der Waals surface area contributed by atoms with Crippen LogP contribution in [0.1, 0.15) is 25.7 Å². The normalized spacial score (nSPS) is 21.4. The molecule has 0 bridgehead atoms. The minimum absolute atomic E-state index is 0.0662. The number of amides is 2. The molecule has 3 rings (SSSR count). The van der Waals surface area contributed by atoms with Crippen molar-refractivity contribution in [1.29, 1.82) is 0 Å². The summed E-state index contributed by atoms with van der Waals surface area (Å²) in [6, 6.07) is 6.15. The van der Waals surface area contributed by atoms with Gasteiger partial charge in [-0.25, -0.2) is 4.99 Å². The summed E-state index contributed by atoms with van der Waals surface area (Å²) in [7, 11) is 0. The highest BCUT2D eigenvalue weighted by atomic mass is 35.5. The van der Waals surface area contributed by atoms with Crippen LogP contribution >= 0.6 is 11.6 Å². The van der Waals surface area contributed by atoms with Gasteiger partial charge in [0.1, 0.15) is 6.04 Å². The Bertz CT molecular complexity index is 623. The molecular weight excluding hydrogens is 316 g/mol. The van der Waals surface area contributed by atoms with Crippen molar-refractivity contribution in [2.45, 2.75) is 31.7 Å². The van der Waals surface area contributed by atoms with Gasteiger partial charge < -0.3 is 10.2 Å². The van der Waals surface area contributed by atoms with Crippen LogP contribution in [0.3, 0.4) is 0 Å². The number of carbonyl (C=O) groups excluding carboxylic acids is 2. The van der Waals surface area contributed by atoms with E-state index in [1.54, 1.807) is 24.3 Å². The van der Waals surface area contributed by atoms with Crippen LogP contribution in [-0.2, 0) is 9.59 Å². The van der Waals surface area contributed by atoms with Crippen LogP contribution in [0.15, 0.2) is 29.3 Å². The summed E-state index contributed by atoms with van der Waals surface area (Å²) in [6.45, 7) is 1.73. The molecule has 2 aliphatic rings. The van der Waals surface area contributed by atoms with Gasteiger partial charge in [0.2, 0.25) is 17.8 Å². The second-order valence-corrected chi connectivity index (χ2v) is 6.20. The number of rotatable bonds is 2. The maximum atomic E-state index is 12.4. The minimum atomic E-state index is -0.698. The van der Waals surface area contributed by atoms with Crippen molar-refractivity contribution in [3.05, 3.63) is 29.3 Å². The molecule has 1 atom stereocenters. The lowest BCUT2D eigenvalue weighted by molar-refractivity contribution is -0.125. The Morgan fingerprint density at radius 3 is 2.61 bits per heavy atom. The molecule has 122 valence electrons. The largest absolute Gasteiger partial charge is 0.343 e. The minimum Gasteiger partial charge on any atom is -0.343 e. The molecule has 2 aliphatic heterocycles. The lowest BCUT2D eigenvalue weighted by atomic mass is 10.1. The monoisotopic (exact) mass is 334 g/mol. The van der Waals surface area contributed by atoms with E-state index in [9.17, 15) is 9.59 Å². The highest BCUT2D eigenvalue weighted by molar-refractivity contribution is 6.30. The van der Waals surface area contributed by atoms with Gasteiger partial charge in [0, 0.05) is 23.8 Å². The van der Waals surface area contributed by atoms with Crippen molar-refractivity contribution < 1.29 is 9.59 Å². The summed E-state index contributed by atoms with van der Waals surface area (Å²) < 4.78 is 0. The number of benzene rings is 1. The molecule has 0 unspecified atom stereocenters. The molecule has 6 nitrogen and oxygen atoms in total. The van der Waals surface area contributed by atoms with Crippen LogP contribution in [0.25, 0.3) is 0 Å². The van der Waals surface area contributed by atoms with Gasteiger partial charge in [0.15, 0.2) is 0 Å². The van der Waals surface area contributed by atoms with E-state index in [2.05, 4.69) is 15.6 Å². The summed E-state index contributed by atoms with van der Waals surface area (Å²) in [5.74, 6) is 0.0747. The maximum absolute atomic E-state index is 12.4. The van der Waals surface area contributed by atoms with Crippen molar-refractivity contribution in [3.8, 4) is 0 Å². The van der Waals surface area contributed by atoms with Gasteiger partial charge in [-0.3, -0.25) is 14.9 Å². The van der Waals surface area contributed by atoms with Crippen LogP contribution in [0.2, 0.25) is 5.02 Å². The Kier molecular flexibility index (Phi) is 4.81. The van der Waals surface area contributed by atoms with E-state index < -0.39 is 6.04 Å². The molecule has 0 radical (unpaired) electrons. The quantitative estimate of drug-likeness (QED) is 0.869. The number of halogens is 1. The van der Waals surface area contributed by atoms with Gasteiger partial charge >= 0.3 is 0 Å². The third kappa shape index (κ3) is 4.01. The van der Waals surface area contributed by atoms with E-state index in [0.29, 0.717) is 16.7 Å². The Morgan fingerprint density at radius 1 is 1.22 bits per heavy atom. The molecule has 0 saturated carbocycles. The molecular formula is C16H19ClN4O2. The number of likely N-dealkylation sites (tertiary alicyclic amines) is 1. The average molecular weight is 335 g/mol. The molecule has 0 aliphatic carbocycles. The predicted molar refractivity (Wildman–Crippen MR) is 89.5 cm³/mol. The molecule has 0 spiro atoms. The van der Waals surface area contributed by atoms with Gasteiger partial charge in [-0.05, 0) is 43.5 Å². The number of aliphatic imine (C=N–C) groups is 1. The van der Waals surface area contributed by atoms with Crippen molar-refractivity contribution in [1.82, 2.24) is 10.2 Å². The second-order valence-electron chi connectivity index (χ2n) is 5.76. The fraction of sp³-hybridized carbons (Fsp3) is 0.438. The SMILES string of the molecule is O=C1C[C@H](C(=O)Nc2ccc(Cl)cc2)N=C(N2CCCCC2)N1. The fourth-order valence-electron chi connectivity index (χ4n) is 2.75. The molecule has 1 aromatic carbocycles. The van der Waals surface area contributed by atoms with Crippen molar-refractivity contribution in [2.24, 2.45) is 4.99 Å². The number of nitrogens with one attached hydrogen (secondary N) is 2. The number of piperidine rings is 1. The molecule has 2 N–H and O–H groups in total. The zero-order valence-electron chi connectivity index (χ0n) is 12.7. The first kappa shape index (κ1) is 15.8. The smallest absolute Gasteiger partial charge is 0.249 e. The third-order valence-electron chi connectivity index (χ3n) is 3.98. The molecule has 2 heterocycles.